The number of methoxy groups -OCH3 is 1. The second-order valence-corrected chi connectivity index (χ2v) is 17.2. The van der Waals surface area contributed by atoms with E-state index in [4.69, 9.17) is 29.4 Å². The molecule has 9 heterocycles. The van der Waals surface area contributed by atoms with Gasteiger partial charge in [-0.05, 0) is 50.1 Å². The predicted molar refractivity (Wildman–Crippen MR) is 206 cm³/mol. The molecular weight excluding hydrogens is 739 g/mol. The summed E-state index contributed by atoms with van der Waals surface area (Å²) in [6.07, 6.45) is 0.802. The van der Waals surface area contributed by atoms with Crippen LogP contribution in [0.1, 0.15) is 68.9 Å². The van der Waals surface area contributed by atoms with Crippen molar-refractivity contribution in [3.63, 3.8) is 0 Å². The largest absolute Gasteiger partial charge is 0.504 e. The lowest BCUT2D eigenvalue weighted by Gasteiger charge is -2.60. The van der Waals surface area contributed by atoms with E-state index < -0.39 is 46.6 Å². The molecular formula is C41H45N5O9S. The second-order valence-electron chi connectivity index (χ2n) is 16.1. The van der Waals surface area contributed by atoms with Crippen molar-refractivity contribution in [2.75, 3.05) is 46.4 Å². The number of H-pyrrole nitrogens is 1. The molecule has 6 N–H and O–H groups in total. The van der Waals surface area contributed by atoms with Crippen LogP contribution in [0.25, 0.3) is 10.9 Å². The number of hydrogen-bond donors (Lipinski definition) is 5. The number of esters is 2. The smallest absolute Gasteiger partial charge is 0.333 e. The summed E-state index contributed by atoms with van der Waals surface area (Å²) in [4.78, 5) is 35.8. The Kier molecular flexibility index (Phi) is 8.00. The number of ether oxygens (including phenoxy) is 5. The van der Waals surface area contributed by atoms with Gasteiger partial charge in [0.05, 0.1) is 30.1 Å². The molecule has 4 aromatic rings. The van der Waals surface area contributed by atoms with E-state index >= 15 is 4.79 Å². The van der Waals surface area contributed by atoms with Crippen LogP contribution in [0.5, 0.6) is 28.7 Å². The average Bonchev–Trinajstić information content (AvgIpc) is 3.76. The molecule has 3 aromatic carbocycles. The summed E-state index contributed by atoms with van der Waals surface area (Å²) in [7, 11) is 3.50. The van der Waals surface area contributed by atoms with Crippen molar-refractivity contribution >= 4 is 34.6 Å². The van der Waals surface area contributed by atoms with Crippen LogP contribution in [0.15, 0.2) is 30.3 Å². The van der Waals surface area contributed by atoms with Crippen LogP contribution < -0.4 is 30.0 Å². The number of nitrogens with two attached hydrogens (primary N) is 1. The van der Waals surface area contributed by atoms with Crippen LogP contribution in [-0.4, -0.2) is 101 Å². The van der Waals surface area contributed by atoms with Gasteiger partial charge in [-0.1, -0.05) is 24.3 Å². The lowest BCUT2D eigenvalue weighted by molar-refractivity contribution is -0.215. The monoisotopic (exact) mass is 783 g/mol. The first kappa shape index (κ1) is 35.9. The zero-order chi connectivity index (χ0) is 39.0. The molecule has 56 heavy (non-hydrogen) atoms. The minimum Gasteiger partial charge on any atom is -0.504 e. The lowest BCUT2D eigenvalue weighted by atomic mass is 9.78. The van der Waals surface area contributed by atoms with Crippen molar-refractivity contribution in [1.82, 2.24) is 20.1 Å². The Labute approximate surface area is 327 Å². The molecule has 8 atom stereocenters. The summed E-state index contributed by atoms with van der Waals surface area (Å²) in [5.74, 6) is 0.875. The molecule has 4 bridgehead atoms. The van der Waals surface area contributed by atoms with Crippen LogP contribution >= 0.6 is 11.8 Å². The van der Waals surface area contributed by atoms with Gasteiger partial charge in [-0.25, -0.2) is 4.79 Å². The maximum absolute atomic E-state index is 15.0. The Bertz CT molecular complexity index is 2370. The molecule has 0 radical (unpaired) electrons. The molecule has 15 heteroatoms. The van der Waals surface area contributed by atoms with E-state index in [0.29, 0.717) is 58.2 Å². The summed E-state index contributed by atoms with van der Waals surface area (Å²) in [5, 5.41) is 29.4. The molecule has 14 nitrogen and oxygen atoms in total. The van der Waals surface area contributed by atoms with Crippen molar-refractivity contribution in [3.05, 3.63) is 75.0 Å². The fraction of sp³-hybridized carbons (Fsp3) is 0.463. The van der Waals surface area contributed by atoms with Gasteiger partial charge in [-0.3, -0.25) is 19.9 Å². The maximum atomic E-state index is 15.0. The van der Waals surface area contributed by atoms with Crippen LogP contribution in [0.4, 0.5) is 0 Å². The fourth-order valence-electron chi connectivity index (χ4n) is 10.8. The van der Waals surface area contributed by atoms with E-state index in [0.717, 1.165) is 33.3 Å². The number of likely N-dealkylation sites (N-methyl/N-ethyl adjacent to an activating group) is 1. The highest BCUT2D eigenvalue weighted by atomic mass is 32.2. The third kappa shape index (κ3) is 4.75. The van der Waals surface area contributed by atoms with Crippen LogP contribution in [0.3, 0.4) is 0 Å². The number of carbonyl (C=O) groups is 2. The zero-order valence-corrected chi connectivity index (χ0v) is 32.7. The number of nitrogens with zero attached hydrogens (tertiary/aromatic N) is 2. The number of phenolic OH excluding ortho intramolecular Hbond substituents is 1. The Hall–Kier alpha value is -4.51. The molecule has 8 aliphatic heterocycles. The summed E-state index contributed by atoms with van der Waals surface area (Å²) < 4.78 is 30.8. The van der Waals surface area contributed by atoms with E-state index in [1.54, 1.807) is 7.11 Å². The van der Waals surface area contributed by atoms with Gasteiger partial charge in [0.2, 0.25) is 6.79 Å². The first-order chi connectivity index (χ1) is 26.9. The number of nitrogens with one attached hydrogen (secondary N) is 2. The molecule has 8 aliphatic rings. The van der Waals surface area contributed by atoms with E-state index in [1.165, 1.54) is 18.7 Å². The van der Waals surface area contributed by atoms with Gasteiger partial charge in [0.25, 0.3) is 0 Å². The summed E-state index contributed by atoms with van der Waals surface area (Å²) in [5.41, 5.74) is 10.4. The Balaban J connectivity index is 1.26. The third-order valence-corrected chi connectivity index (χ3v) is 14.3. The molecule has 12 rings (SSSR count). The number of aromatic amines is 1. The van der Waals surface area contributed by atoms with Gasteiger partial charge >= 0.3 is 11.9 Å². The highest BCUT2D eigenvalue weighted by molar-refractivity contribution is 7.99. The van der Waals surface area contributed by atoms with Gasteiger partial charge in [-0.15, -0.1) is 11.8 Å². The second kappa shape index (κ2) is 12.5. The Morgan fingerprint density at radius 3 is 2.68 bits per heavy atom. The van der Waals surface area contributed by atoms with Crippen molar-refractivity contribution in [1.29, 1.82) is 0 Å². The molecule has 0 amide bonds. The van der Waals surface area contributed by atoms with Crippen molar-refractivity contribution in [2.45, 2.75) is 74.3 Å². The minimum atomic E-state index is -1.50. The summed E-state index contributed by atoms with van der Waals surface area (Å²) in [6.45, 7) is 5.39. The lowest BCUT2D eigenvalue weighted by Crippen LogP contribution is -2.70. The highest BCUT2D eigenvalue weighted by Crippen LogP contribution is 2.65. The summed E-state index contributed by atoms with van der Waals surface area (Å²) >= 11 is 1.52. The molecule has 0 aliphatic carbocycles. The van der Waals surface area contributed by atoms with Gasteiger partial charge in [-0.2, -0.15) is 0 Å². The normalized spacial score (nSPS) is 31.3. The van der Waals surface area contributed by atoms with E-state index in [-0.39, 0.29) is 43.9 Å². The number of aliphatic hydroxyl groups is 1. The zero-order valence-electron chi connectivity index (χ0n) is 31.9. The number of rotatable bonds is 3. The molecule has 2 fully saturated rings. The first-order valence-corrected chi connectivity index (χ1v) is 20.1. The van der Waals surface area contributed by atoms with Crippen molar-refractivity contribution < 1.29 is 43.5 Å². The number of para-hydroxylation sites is 1. The van der Waals surface area contributed by atoms with Crippen LogP contribution in [0.2, 0.25) is 0 Å². The number of carbonyl (C=O) groups excluding carboxylic acids is 2. The quantitative estimate of drug-likeness (QED) is 0.151. The predicted octanol–water partition coefficient (Wildman–Crippen LogP) is 3.51. The number of benzene rings is 3. The molecule has 2 saturated heterocycles. The Morgan fingerprint density at radius 1 is 1.12 bits per heavy atom. The minimum absolute atomic E-state index is 0.0241. The van der Waals surface area contributed by atoms with Crippen LogP contribution in [-0.2, 0) is 32.7 Å². The maximum Gasteiger partial charge on any atom is 0.333 e. The molecule has 294 valence electrons. The van der Waals surface area contributed by atoms with Crippen molar-refractivity contribution in [3.8, 4) is 28.7 Å². The molecule has 1 aromatic heterocycles. The van der Waals surface area contributed by atoms with E-state index in [9.17, 15) is 15.0 Å². The number of aromatic hydroxyl groups is 1. The van der Waals surface area contributed by atoms with Gasteiger partial charge in [0.1, 0.15) is 18.1 Å². The number of hydrogen-bond acceptors (Lipinski definition) is 14. The van der Waals surface area contributed by atoms with Gasteiger partial charge < -0.3 is 44.6 Å². The summed E-state index contributed by atoms with van der Waals surface area (Å²) in [6, 6.07) is 7.94. The third-order valence-electron chi connectivity index (χ3n) is 12.9. The number of aromatic nitrogens is 1. The van der Waals surface area contributed by atoms with Gasteiger partial charge in [0, 0.05) is 77.4 Å². The van der Waals surface area contributed by atoms with Gasteiger partial charge in [0.15, 0.2) is 28.5 Å². The number of thioether (sulfide) groups is 1. The average molecular weight is 784 g/mol. The number of aryl methyl sites for hydroxylation is 1. The topological polar surface area (TPSA) is 181 Å². The molecule has 1 spiro atoms. The SMILES string of the molecule is COc1c(C)cc2c(c1O)[C@@H]1[C@@H]3[C@@H]4SC[C@]5(N[C@@H](CN)Cc6c5[nH]c5ccccc65)C(=O)OC[C@@H](c5c6c(c(C)c(OC(C)=O)c54)OCO6)N3C(O)(C2)CN1C. The number of fused-ring (bicyclic) bond motifs is 8. The van der Waals surface area contributed by atoms with Crippen molar-refractivity contribution in [2.24, 2.45) is 5.73 Å². The molecule has 2 unspecified atom stereocenters. The Morgan fingerprint density at radius 2 is 1.91 bits per heavy atom. The highest BCUT2D eigenvalue weighted by Gasteiger charge is 2.64. The number of phenols is 1. The van der Waals surface area contributed by atoms with Crippen LogP contribution in [0, 0.1) is 13.8 Å². The first-order valence-electron chi connectivity index (χ1n) is 19.0. The molecule has 0 saturated carbocycles. The fourth-order valence-corrected chi connectivity index (χ4v) is 12.5. The standard InChI is InChI=1S/C41H45N5O9S/c1-18-10-21-12-40(50)15-45(4)30(27(21)32(48)33(18)51-5)31-37-29-28(36-35(53-17-54-36)19(2)34(29)55-20(3)47)26(46(31)40)14-52-39(49)41(16-56-37)38-24(11-22(13-42)44-41)23-8-6-7-9-25(23)43-38/h6-10,22,26,30-31,37,43-44,48,50H,11-17,42H2,1-5H3/t22-,26+,30-,31-,37-,40?,41-/m1/s1. The number of piperazine rings is 1. The van der Waals surface area contributed by atoms with E-state index in [1.807, 2.05) is 45.2 Å². The van der Waals surface area contributed by atoms with E-state index in [2.05, 4.69) is 26.2 Å².